The van der Waals surface area contributed by atoms with E-state index in [1.54, 1.807) is 0 Å². The van der Waals surface area contributed by atoms with Crippen LogP contribution in [-0.2, 0) is 13.1 Å². The Labute approximate surface area is 112 Å². The summed E-state index contributed by atoms with van der Waals surface area (Å²) in [6.07, 6.45) is 1.93. The molecule has 0 saturated heterocycles. The largest absolute Gasteiger partial charge is 0.316 e. The van der Waals surface area contributed by atoms with Gasteiger partial charge in [0.2, 0.25) is 0 Å². The highest BCUT2D eigenvalue weighted by Gasteiger charge is 2.05. The van der Waals surface area contributed by atoms with Gasteiger partial charge in [-0.15, -0.1) is 0 Å². The molecule has 19 heavy (non-hydrogen) atoms. The molecule has 0 aliphatic heterocycles. The Balaban J connectivity index is 1.97. The van der Waals surface area contributed by atoms with Crippen LogP contribution < -0.4 is 5.32 Å². The molecule has 3 aromatic rings. The molecule has 0 saturated carbocycles. The van der Waals surface area contributed by atoms with Gasteiger partial charge >= 0.3 is 0 Å². The second kappa shape index (κ2) is 5.24. The number of para-hydroxylation sites is 1. The zero-order valence-electron chi connectivity index (χ0n) is 11.0. The lowest BCUT2D eigenvalue weighted by Gasteiger charge is -2.10. The number of nitrogens with zero attached hydrogens (tertiary/aromatic N) is 2. The Morgan fingerprint density at radius 2 is 1.74 bits per heavy atom. The van der Waals surface area contributed by atoms with Gasteiger partial charge in [-0.05, 0) is 24.2 Å². The summed E-state index contributed by atoms with van der Waals surface area (Å²) in [6, 6.07) is 16.8. The van der Waals surface area contributed by atoms with E-state index in [4.69, 9.17) is 0 Å². The fourth-order valence-electron chi connectivity index (χ4n) is 2.39. The quantitative estimate of drug-likeness (QED) is 0.772. The molecule has 0 aliphatic carbocycles. The first-order valence-electron chi connectivity index (χ1n) is 6.50. The van der Waals surface area contributed by atoms with Crippen LogP contribution in [-0.4, -0.2) is 16.8 Å². The molecule has 1 N–H and O–H groups in total. The summed E-state index contributed by atoms with van der Waals surface area (Å²) in [5.41, 5.74) is 3.82. The van der Waals surface area contributed by atoms with Crippen molar-refractivity contribution in [2.45, 2.75) is 13.1 Å². The minimum atomic E-state index is 0.811. The summed E-state index contributed by atoms with van der Waals surface area (Å²) in [5.74, 6) is 0. The second-order valence-electron chi connectivity index (χ2n) is 4.66. The standard InChI is InChI=1S/C16H17N3/c1-17-10-13-6-2-3-8-15(13)12-19-16-9-5-4-7-14(16)11-18-19/h2-9,11,17H,10,12H2,1H3. The van der Waals surface area contributed by atoms with Crippen molar-refractivity contribution < 1.29 is 0 Å². The summed E-state index contributed by atoms with van der Waals surface area (Å²) in [7, 11) is 1.97. The van der Waals surface area contributed by atoms with E-state index in [2.05, 4.69) is 57.6 Å². The van der Waals surface area contributed by atoms with Crippen LogP contribution in [0.2, 0.25) is 0 Å². The van der Waals surface area contributed by atoms with Crippen molar-refractivity contribution in [1.82, 2.24) is 15.1 Å². The Bertz CT molecular complexity index is 685. The van der Waals surface area contributed by atoms with Crippen LogP contribution in [0.1, 0.15) is 11.1 Å². The van der Waals surface area contributed by atoms with Gasteiger partial charge in [0.15, 0.2) is 0 Å². The first-order valence-corrected chi connectivity index (χ1v) is 6.50. The van der Waals surface area contributed by atoms with Gasteiger partial charge < -0.3 is 5.32 Å². The van der Waals surface area contributed by atoms with E-state index in [0.29, 0.717) is 0 Å². The van der Waals surface area contributed by atoms with E-state index in [1.807, 2.05) is 19.3 Å². The van der Waals surface area contributed by atoms with Crippen molar-refractivity contribution in [3.63, 3.8) is 0 Å². The predicted octanol–water partition coefficient (Wildman–Crippen LogP) is 2.80. The van der Waals surface area contributed by atoms with Crippen molar-refractivity contribution in [1.29, 1.82) is 0 Å². The average molecular weight is 251 g/mol. The van der Waals surface area contributed by atoms with Gasteiger partial charge in [-0.3, -0.25) is 4.68 Å². The maximum atomic E-state index is 4.49. The third kappa shape index (κ3) is 2.37. The molecule has 3 heteroatoms. The van der Waals surface area contributed by atoms with Crippen LogP contribution >= 0.6 is 0 Å². The fourth-order valence-corrected chi connectivity index (χ4v) is 2.39. The third-order valence-electron chi connectivity index (χ3n) is 3.36. The van der Waals surface area contributed by atoms with Crippen molar-refractivity contribution in [3.05, 3.63) is 65.9 Å². The van der Waals surface area contributed by atoms with E-state index < -0.39 is 0 Å². The Morgan fingerprint density at radius 3 is 2.58 bits per heavy atom. The predicted molar refractivity (Wildman–Crippen MR) is 78.0 cm³/mol. The fraction of sp³-hybridized carbons (Fsp3) is 0.188. The summed E-state index contributed by atoms with van der Waals surface area (Å²) in [6.45, 7) is 1.70. The molecule has 96 valence electrons. The summed E-state index contributed by atoms with van der Waals surface area (Å²) >= 11 is 0. The molecule has 0 spiro atoms. The smallest absolute Gasteiger partial charge is 0.0686 e. The van der Waals surface area contributed by atoms with Gasteiger partial charge in [0.05, 0.1) is 18.3 Å². The monoisotopic (exact) mass is 251 g/mol. The zero-order valence-corrected chi connectivity index (χ0v) is 11.0. The molecule has 0 radical (unpaired) electrons. The van der Waals surface area contributed by atoms with Gasteiger partial charge in [-0.2, -0.15) is 5.10 Å². The number of rotatable bonds is 4. The number of hydrogen-bond acceptors (Lipinski definition) is 2. The Hall–Kier alpha value is -2.13. The lowest BCUT2D eigenvalue weighted by molar-refractivity contribution is 0.697. The van der Waals surface area contributed by atoms with Gasteiger partial charge in [-0.25, -0.2) is 0 Å². The van der Waals surface area contributed by atoms with Crippen LogP contribution in [0.5, 0.6) is 0 Å². The number of nitrogens with one attached hydrogen (secondary N) is 1. The lowest BCUT2D eigenvalue weighted by Crippen LogP contribution is -2.10. The highest BCUT2D eigenvalue weighted by molar-refractivity contribution is 5.78. The Kier molecular flexibility index (Phi) is 3.29. The van der Waals surface area contributed by atoms with Gasteiger partial charge in [0.1, 0.15) is 0 Å². The molecule has 3 rings (SSSR count). The van der Waals surface area contributed by atoms with Gasteiger partial charge in [-0.1, -0.05) is 42.5 Å². The van der Waals surface area contributed by atoms with Gasteiger partial charge in [0.25, 0.3) is 0 Å². The first-order chi connectivity index (χ1) is 9.38. The first kappa shape index (κ1) is 11.9. The topological polar surface area (TPSA) is 29.9 Å². The molecular formula is C16H17N3. The van der Waals surface area contributed by atoms with E-state index >= 15 is 0 Å². The summed E-state index contributed by atoms with van der Waals surface area (Å²) in [5, 5.41) is 8.89. The van der Waals surface area contributed by atoms with E-state index in [9.17, 15) is 0 Å². The molecule has 0 amide bonds. The van der Waals surface area contributed by atoms with E-state index in [-0.39, 0.29) is 0 Å². The molecule has 0 unspecified atom stereocenters. The normalized spacial score (nSPS) is 11.0. The minimum Gasteiger partial charge on any atom is -0.316 e. The van der Waals surface area contributed by atoms with E-state index in [0.717, 1.165) is 13.1 Å². The highest BCUT2D eigenvalue weighted by atomic mass is 15.3. The van der Waals surface area contributed by atoms with Crippen molar-refractivity contribution in [2.24, 2.45) is 0 Å². The molecule has 1 heterocycles. The molecule has 3 nitrogen and oxygen atoms in total. The average Bonchev–Trinajstić information content (AvgIpc) is 2.85. The molecule has 2 aromatic carbocycles. The minimum absolute atomic E-state index is 0.811. The lowest BCUT2D eigenvalue weighted by atomic mass is 10.1. The number of fused-ring (bicyclic) bond motifs is 1. The number of hydrogen-bond donors (Lipinski definition) is 1. The number of benzene rings is 2. The van der Waals surface area contributed by atoms with E-state index in [1.165, 1.54) is 22.0 Å². The van der Waals surface area contributed by atoms with Crippen LogP contribution in [0.3, 0.4) is 0 Å². The highest BCUT2D eigenvalue weighted by Crippen LogP contribution is 2.16. The maximum Gasteiger partial charge on any atom is 0.0686 e. The summed E-state index contributed by atoms with van der Waals surface area (Å²) in [4.78, 5) is 0. The third-order valence-corrected chi connectivity index (χ3v) is 3.36. The SMILES string of the molecule is CNCc1ccccc1Cn1ncc2ccccc21. The van der Waals surface area contributed by atoms with Gasteiger partial charge in [0, 0.05) is 11.9 Å². The zero-order chi connectivity index (χ0) is 13.1. The van der Waals surface area contributed by atoms with Crippen molar-refractivity contribution >= 4 is 10.9 Å². The van der Waals surface area contributed by atoms with Crippen molar-refractivity contribution in [3.8, 4) is 0 Å². The Morgan fingerprint density at radius 1 is 1.00 bits per heavy atom. The van der Waals surface area contributed by atoms with Crippen LogP contribution in [0.15, 0.2) is 54.7 Å². The van der Waals surface area contributed by atoms with Crippen molar-refractivity contribution in [2.75, 3.05) is 7.05 Å². The van der Waals surface area contributed by atoms with Crippen LogP contribution in [0.25, 0.3) is 10.9 Å². The molecule has 0 fully saturated rings. The van der Waals surface area contributed by atoms with Crippen LogP contribution in [0, 0.1) is 0 Å². The maximum absolute atomic E-state index is 4.49. The molecule has 0 atom stereocenters. The number of aromatic nitrogens is 2. The molecule has 0 bridgehead atoms. The molecular weight excluding hydrogens is 234 g/mol. The molecule has 1 aromatic heterocycles. The molecule has 0 aliphatic rings. The second-order valence-corrected chi connectivity index (χ2v) is 4.66. The summed E-state index contributed by atoms with van der Waals surface area (Å²) < 4.78 is 2.06. The van der Waals surface area contributed by atoms with Crippen LogP contribution in [0.4, 0.5) is 0 Å².